The molecule has 0 bridgehead atoms. The summed E-state index contributed by atoms with van der Waals surface area (Å²) in [7, 11) is 1.59. The van der Waals surface area contributed by atoms with Crippen molar-refractivity contribution >= 4 is 21.7 Å². The van der Waals surface area contributed by atoms with Gasteiger partial charge >= 0.3 is 0 Å². The number of ether oxygens (including phenoxy) is 1. The summed E-state index contributed by atoms with van der Waals surface area (Å²) < 4.78 is 6.24. The SMILES string of the molecule is COc1cc(C)cc(C)c1C(=O)c1cccc(Br)c1. The summed E-state index contributed by atoms with van der Waals surface area (Å²) in [6.45, 7) is 3.92. The number of ketones is 1. The fraction of sp³-hybridized carbons (Fsp3) is 0.188. The maximum absolute atomic E-state index is 12.6. The first-order valence-electron chi connectivity index (χ1n) is 5.98. The van der Waals surface area contributed by atoms with Gasteiger partial charge in [0, 0.05) is 10.0 Å². The topological polar surface area (TPSA) is 26.3 Å². The Morgan fingerprint density at radius 2 is 1.89 bits per heavy atom. The van der Waals surface area contributed by atoms with Crippen LogP contribution in [0.4, 0.5) is 0 Å². The summed E-state index contributed by atoms with van der Waals surface area (Å²) in [5.74, 6) is 0.609. The van der Waals surface area contributed by atoms with Gasteiger partial charge in [0.1, 0.15) is 5.75 Å². The molecule has 2 nitrogen and oxygen atoms in total. The van der Waals surface area contributed by atoms with E-state index in [2.05, 4.69) is 15.9 Å². The molecule has 98 valence electrons. The van der Waals surface area contributed by atoms with Crippen molar-refractivity contribution in [2.24, 2.45) is 0 Å². The largest absolute Gasteiger partial charge is 0.496 e. The maximum atomic E-state index is 12.6. The van der Waals surface area contributed by atoms with Gasteiger partial charge in [0.25, 0.3) is 0 Å². The van der Waals surface area contributed by atoms with E-state index in [1.54, 1.807) is 7.11 Å². The van der Waals surface area contributed by atoms with Crippen LogP contribution in [0.1, 0.15) is 27.0 Å². The molecule has 0 N–H and O–H groups in total. The molecular weight excluding hydrogens is 304 g/mol. The summed E-state index contributed by atoms with van der Waals surface area (Å²) in [6.07, 6.45) is 0. The van der Waals surface area contributed by atoms with E-state index in [9.17, 15) is 4.79 Å². The summed E-state index contributed by atoms with van der Waals surface area (Å²) in [5, 5.41) is 0. The Morgan fingerprint density at radius 1 is 1.16 bits per heavy atom. The van der Waals surface area contributed by atoms with Crippen molar-refractivity contribution in [2.45, 2.75) is 13.8 Å². The van der Waals surface area contributed by atoms with Crippen molar-refractivity contribution in [2.75, 3.05) is 7.11 Å². The van der Waals surface area contributed by atoms with Gasteiger partial charge in [-0.05, 0) is 43.2 Å². The molecule has 0 aliphatic rings. The molecule has 3 heteroatoms. The number of halogens is 1. The second-order valence-corrected chi connectivity index (χ2v) is 5.41. The molecule has 0 radical (unpaired) electrons. The van der Waals surface area contributed by atoms with Crippen molar-refractivity contribution in [1.82, 2.24) is 0 Å². The molecule has 0 saturated heterocycles. The monoisotopic (exact) mass is 318 g/mol. The maximum Gasteiger partial charge on any atom is 0.197 e. The number of benzene rings is 2. The molecule has 0 amide bonds. The van der Waals surface area contributed by atoms with Crippen LogP contribution in [0.25, 0.3) is 0 Å². The lowest BCUT2D eigenvalue weighted by atomic mass is 9.96. The molecule has 0 aliphatic heterocycles. The van der Waals surface area contributed by atoms with Gasteiger partial charge < -0.3 is 4.74 Å². The van der Waals surface area contributed by atoms with Crippen LogP contribution < -0.4 is 4.74 Å². The third-order valence-electron chi connectivity index (χ3n) is 2.98. The van der Waals surface area contributed by atoms with Gasteiger partial charge in [-0.15, -0.1) is 0 Å². The molecule has 0 aliphatic carbocycles. The lowest BCUT2D eigenvalue weighted by molar-refractivity contribution is 0.103. The average molecular weight is 319 g/mol. The van der Waals surface area contributed by atoms with E-state index in [1.807, 2.05) is 50.2 Å². The fourth-order valence-corrected chi connectivity index (χ4v) is 2.55. The molecule has 0 aromatic heterocycles. The fourth-order valence-electron chi connectivity index (χ4n) is 2.15. The zero-order valence-corrected chi connectivity index (χ0v) is 12.7. The van der Waals surface area contributed by atoms with Crippen LogP contribution in [-0.2, 0) is 0 Å². The Bertz CT molecular complexity index is 633. The number of methoxy groups -OCH3 is 1. The molecule has 0 unspecified atom stereocenters. The Morgan fingerprint density at radius 3 is 2.53 bits per heavy atom. The van der Waals surface area contributed by atoms with E-state index < -0.39 is 0 Å². The summed E-state index contributed by atoms with van der Waals surface area (Å²) >= 11 is 3.39. The Balaban J connectivity index is 2.56. The smallest absolute Gasteiger partial charge is 0.197 e. The van der Waals surface area contributed by atoms with E-state index in [4.69, 9.17) is 4.74 Å². The van der Waals surface area contributed by atoms with Gasteiger partial charge in [-0.2, -0.15) is 0 Å². The van der Waals surface area contributed by atoms with E-state index in [-0.39, 0.29) is 5.78 Å². The summed E-state index contributed by atoms with van der Waals surface area (Å²) in [4.78, 5) is 12.6. The van der Waals surface area contributed by atoms with Crippen molar-refractivity contribution in [3.05, 3.63) is 63.1 Å². The highest BCUT2D eigenvalue weighted by Gasteiger charge is 2.17. The van der Waals surface area contributed by atoms with Crippen molar-refractivity contribution in [1.29, 1.82) is 0 Å². The molecule has 2 rings (SSSR count). The number of hydrogen-bond donors (Lipinski definition) is 0. The van der Waals surface area contributed by atoms with Gasteiger partial charge in [0.15, 0.2) is 5.78 Å². The Labute approximate surface area is 121 Å². The second-order valence-electron chi connectivity index (χ2n) is 4.50. The highest BCUT2D eigenvalue weighted by atomic mass is 79.9. The molecular formula is C16H15BrO2. The zero-order valence-electron chi connectivity index (χ0n) is 11.2. The number of carbonyl (C=O) groups is 1. The van der Waals surface area contributed by atoms with Crippen LogP contribution in [0.5, 0.6) is 5.75 Å². The van der Waals surface area contributed by atoms with Gasteiger partial charge in [0.05, 0.1) is 12.7 Å². The van der Waals surface area contributed by atoms with Crippen LogP contribution in [0.3, 0.4) is 0 Å². The number of carbonyl (C=O) groups excluding carboxylic acids is 1. The van der Waals surface area contributed by atoms with E-state index in [0.717, 1.165) is 15.6 Å². The molecule has 0 saturated carbocycles. The summed E-state index contributed by atoms with van der Waals surface area (Å²) in [5.41, 5.74) is 3.30. The van der Waals surface area contributed by atoms with Crippen molar-refractivity contribution < 1.29 is 9.53 Å². The minimum absolute atomic E-state index is 0.0179. The molecule has 0 spiro atoms. The first-order valence-corrected chi connectivity index (χ1v) is 6.77. The molecule has 0 heterocycles. The average Bonchev–Trinajstić information content (AvgIpc) is 2.37. The first kappa shape index (κ1) is 13.8. The number of aryl methyl sites for hydroxylation is 2. The van der Waals surface area contributed by atoms with Crippen molar-refractivity contribution in [3.63, 3.8) is 0 Å². The zero-order chi connectivity index (χ0) is 14.0. The Kier molecular flexibility index (Phi) is 4.05. The van der Waals surface area contributed by atoms with Crippen LogP contribution in [0, 0.1) is 13.8 Å². The summed E-state index contributed by atoms with van der Waals surface area (Å²) in [6, 6.07) is 11.3. The Hall–Kier alpha value is -1.61. The minimum Gasteiger partial charge on any atom is -0.496 e. The quantitative estimate of drug-likeness (QED) is 0.788. The molecule has 19 heavy (non-hydrogen) atoms. The van der Waals surface area contributed by atoms with Crippen LogP contribution in [0.15, 0.2) is 40.9 Å². The molecule has 2 aromatic rings. The second kappa shape index (κ2) is 5.57. The highest BCUT2D eigenvalue weighted by molar-refractivity contribution is 9.10. The van der Waals surface area contributed by atoms with Gasteiger partial charge in [-0.3, -0.25) is 4.79 Å². The van der Waals surface area contributed by atoms with Crippen LogP contribution in [-0.4, -0.2) is 12.9 Å². The van der Waals surface area contributed by atoms with Crippen LogP contribution in [0.2, 0.25) is 0 Å². The molecule has 2 aromatic carbocycles. The third-order valence-corrected chi connectivity index (χ3v) is 3.47. The third kappa shape index (κ3) is 2.87. The van der Waals surface area contributed by atoms with Crippen LogP contribution >= 0.6 is 15.9 Å². The predicted octanol–water partition coefficient (Wildman–Crippen LogP) is 4.31. The number of rotatable bonds is 3. The highest BCUT2D eigenvalue weighted by Crippen LogP contribution is 2.27. The van der Waals surface area contributed by atoms with Gasteiger partial charge in [-0.1, -0.05) is 34.1 Å². The van der Waals surface area contributed by atoms with Gasteiger partial charge in [-0.25, -0.2) is 0 Å². The molecule has 0 fully saturated rings. The molecule has 0 atom stereocenters. The normalized spacial score (nSPS) is 10.3. The minimum atomic E-state index is -0.0179. The first-order chi connectivity index (χ1) is 9.02. The lowest BCUT2D eigenvalue weighted by Crippen LogP contribution is -2.07. The van der Waals surface area contributed by atoms with E-state index in [0.29, 0.717) is 16.9 Å². The lowest BCUT2D eigenvalue weighted by Gasteiger charge is -2.12. The van der Waals surface area contributed by atoms with E-state index >= 15 is 0 Å². The van der Waals surface area contributed by atoms with E-state index in [1.165, 1.54) is 0 Å². The number of hydrogen-bond acceptors (Lipinski definition) is 2. The predicted molar refractivity (Wildman–Crippen MR) is 80.0 cm³/mol. The van der Waals surface area contributed by atoms with Gasteiger partial charge in [0.2, 0.25) is 0 Å². The standard InChI is InChI=1S/C16H15BrO2/c1-10-7-11(2)15(14(8-10)19-3)16(18)12-5-4-6-13(17)9-12/h4-9H,1-3H3. The van der Waals surface area contributed by atoms with Crippen molar-refractivity contribution in [3.8, 4) is 5.75 Å².